The number of nitrogens with zero attached hydrogens (tertiary/aromatic N) is 2. The van der Waals surface area contributed by atoms with Crippen molar-refractivity contribution in [3.8, 4) is 0 Å². The zero-order valence-electron chi connectivity index (χ0n) is 6.18. The van der Waals surface area contributed by atoms with Gasteiger partial charge in [0.15, 0.2) is 0 Å². The molecule has 0 radical (unpaired) electrons. The normalized spacial score (nSPS) is 18.2. The van der Waals surface area contributed by atoms with Gasteiger partial charge in [-0.2, -0.15) is 10.2 Å². The first-order valence-corrected chi connectivity index (χ1v) is 3.29. The third-order valence-electron chi connectivity index (χ3n) is 1.47. The minimum Gasteiger partial charge on any atom is -0.184 e. The third kappa shape index (κ3) is 1.18. The Bertz CT molecular complexity index is 166. The van der Waals surface area contributed by atoms with Crippen LogP contribution in [-0.2, 0) is 0 Å². The van der Waals surface area contributed by atoms with E-state index in [1.807, 2.05) is 0 Å². The molecule has 0 aromatic rings. The van der Waals surface area contributed by atoms with E-state index >= 15 is 0 Å². The summed E-state index contributed by atoms with van der Waals surface area (Å²) in [5.74, 6) is 0.538. The Labute approximate surface area is 55.7 Å². The van der Waals surface area contributed by atoms with Gasteiger partial charge in [-0.3, -0.25) is 0 Å². The molecular formula is C7H12N2. The van der Waals surface area contributed by atoms with E-state index in [1.54, 1.807) is 0 Å². The third-order valence-corrected chi connectivity index (χ3v) is 1.47. The number of hydrogen-bond acceptors (Lipinski definition) is 2. The van der Waals surface area contributed by atoms with Crippen molar-refractivity contribution < 1.29 is 0 Å². The highest BCUT2D eigenvalue weighted by Gasteiger charge is 2.10. The van der Waals surface area contributed by atoms with E-state index < -0.39 is 0 Å². The van der Waals surface area contributed by atoms with E-state index in [9.17, 15) is 0 Å². The Morgan fingerprint density at radius 1 is 1.44 bits per heavy atom. The molecule has 50 valence electrons. The van der Waals surface area contributed by atoms with Crippen LogP contribution in [0.25, 0.3) is 0 Å². The lowest BCUT2D eigenvalue weighted by Gasteiger charge is -2.00. The van der Waals surface area contributed by atoms with Gasteiger partial charge in [0.05, 0.1) is 12.2 Å². The highest BCUT2D eigenvalue weighted by Crippen LogP contribution is 2.21. The zero-order chi connectivity index (χ0) is 6.85. The molecule has 0 aliphatic carbocycles. The minimum atomic E-state index is 0.538. The molecular weight excluding hydrogens is 112 g/mol. The van der Waals surface area contributed by atoms with E-state index in [1.165, 1.54) is 11.3 Å². The predicted molar refractivity (Wildman–Crippen MR) is 37.3 cm³/mol. The van der Waals surface area contributed by atoms with Gasteiger partial charge in [-0.05, 0) is 18.4 Å². The van der Waals surface area contributed by atoms with Crippen molar-refractivity contribution in [1.29, 1.82) is 0 Å². The second-order valence-electron chi connectivity index (χ2n) is 2.72. The molecule has 0 N–H and O–H groups in total. The van der Waals surface area contributed by atoms with Crippen molar-refractivity contribution >= 4 is 0 Å². The van der Waals surface area contributed by atoms with Crippen molar-refractivity contribution in [3.63, 3.8) is 0 Å². The van der Waals surface area contributed by atoms with Crippen LogP contribution in [-0.4, -0.2) is 6.54 Å². The van der Waals surface area contributed by atoms with E-state index in [2.05, 4.69) is 31.0 Å². The maximum Gasteiger partial charge on any atom is 0.0832 e. The molecule has 0 saturated carbocycles. The molecule has 9 heavy (non-hydrogen) atoms. The summed E-state index contributed by atoms with van der Waals surface area (Å²) in [4.78, 5) is 0. The first kappa shape index (κ1) is 6.46. The standard InChI is InChI=1S/C7H12N2/c1-5(2)7-6(3)4-8-9-7/h5H,4H2,1-3H3. The van der Waals surface area contributed by atoms with Crippen LogP contribution in [0.5, 0.6) is 0 Å². The van der Waals surface area contributed by atoms with Crippen LogP contribution < -0.4 is 0 Å². The van der Waals surface area contributed by atoms with Crippen molar-refractivity contribution in [3.05, 3.63) is 11.3 Å². The summed E-state index contributed by atoms with van der Waals surface area (Å²) in [6.07, 6.45) is 0. The van der Waals surface area contributed by atoms with E-state index in [0.717, 1.165) is 6.54 Å². The molecule has 0 amide bonds. The number of rotatable bonds is 1. The monoisotopic (exact) mass is 124 g/mol. The lowest BCUT2D eigenvalue weighted by atomic mass is 10.1. The molecule has 0 aromatic carbocycles. The van der Waals surface area contributed by atoms with Gasteiger partial charge in [0, 0.05) is 0 Å². The molecule has 1 heterocycles. The lowest BCUT2D eigenvalue weighted by molar-refractivity contribution is 0.746. The average molecular weight is 124 g/mol. The second-order valence-corrected chi connectivity index (χ2v) is 2.72. The largest absolute Gasteiger partial charge is 0.184 e. The molecule has 1 aliphatic rings. The van der Waals surface area contributed by atoms with E-state index in [0.29, 0.717) is 5.92 Å². The van der Waals surface area contributed by atoms with Gasteiger partial charge in [-0.15, -0.1) is 0 Å². The Hall–Kier alpha value is -0.660. The van der Waals surface area contributed by atoms with Crippen molar-refractivity contribution in [2.24, 2.45) is 16.1 Å². The molecule has 2 heteroatoms. The van der Waals surface area contributed by atoms with Crippen LogP contribution in [0.2, 0.25) is 0 Å². The summed E-state index contributed by atoms with van der Waals surface area (Å²) in [5, 5.41) is 7.94. The minimum absolute atomic E-state index is 0.538. The summed E-state index contributed by atoms with van der Waals surface area (Å²) >= 11 is 0. The van der Waals surface area contributed by atoms with Gasteiger partial charge in [-0.25, -0.2) is 0 Å². The van der Waals surface area contributed by atoms with Gasteiger partial charge in [-0.1, -0.05) is 13.8 Å². The van der Waals surface area contributed by atoms with E-state index in [4.69, 9.17) is 0 Å². The van der Waals surface area contributed by atoms with Gasteiger partial charge in [0.1, 0.15) is 0 Å². The van der Waals surface area contributed by atoms with Crippen LogP contribution in [0.4, 0.5) is 0 Å². The highest BCUT2D eigenvalue weighted by atomic mass is 15.1. The number of azo groups is 1. The fraction of sp³-hybridized carbons (Fsp3) is 0.714. The molecule has 0 atom stereocenters. The predicted octanol–water partition coefficient (Wildman–Crippen LogP) is 2.38. The fourth-order valence-electron chi connectivity index (χ4n) is 0.992. The Morgan fingerprint density at radius 3 is 2.33 bits per heavy atom. The Kier molecular flexibility index (Phi) is 1.65. The second kappa shape index (κ2) is 2.29. The van der Waals surface area contributed by atoms with Crippen molar-refractivity contribution in [1.82, 2.24) is 0 Å². The summed E-state index contributed by atoms with van der Waals surface area (Å²) in [5.41, 5.74) is 2.50. The van der Waals surface area contributed by atoms with Crippen LogP contribution in [0, 0.1) is 5.92 Å². The first-order chi connectivity index (χ1) is 4.22. The molecule has 0 aromatic heterocycles. The topological polar surface area (TPSA) is 24.7 Å². The fourth-order valence-corrected chi connectivity index (χ4v) is 0.992. The zero-order valence-corrected chi connectivity index (χ0v) is 6.18. The van der Waals surface area contributed by atoms with Crippen molar-refractivity contribution in [2.45, 2.75) is 20.8 Å². The molecule has 0 unspecified atom stereocenters. The van der Waals surface area contributed by atoms with Gasteiger partial charge >= 0.3 is 0 Å². The SMILES string of the molecule is CC1=C(C(C)C)N=NC1. The number of hydrogen-bond donors (Lipinski definition) is 0. The molecule has 0 bridgehead atoms. The van der Waals surface area contributed by atoms with E-state index in [-0.39, 0.29) is 0 Å². The molecule has 0 saturated heterocycles. The molecule has 0 spiro atoms. The van der Waals surface area contributed by atoms with Crippen LogP contribution in [0.3, 0.4) is 0 Å². The maximum absolute atomic E-state index is 4.02. The van der Waals surface area contributed by atoms with Gasteiger partial charge in [0.25, 0.3) is 0 Å². The first-order valence-electron chi connectivity index (χ1n) is 3.29. The summed E-state index contributed by atoms with van der Waals surface area (Å²) < 4.78 is 0. The van der Waals surface area contributed by atoms with Crippen LogP contribution in [0.15, 0.2) is 21.5 Å². The van der Waals surface area contributed by atoms with Crippen LogP contribution in [0.1, 0.15) is 20.8 Å². The molecule has 0 fully saturated rings. The summed E-state index contributed by atoms with van der Waals surface area (Å²) in [6.45, 7) is 7.19. The Balaban J connectivity index is 2.77. The maximum atomic E-state index is 4.02. The van der Waals surface area contributed by atoms with Crippen LogP contribution >= 0.6 is 0 Å². The number of allylic oxidation sites excluding steroid dienone is 1. The van der Waals surface area contributed by atoms with Gasteiger partial charge in [0.2, 0.25) is 0 Å². The summed E-state index contributed by atoms with van der Waals surface area (Å²) in [6, 6.07) is 0. The van der Waals surface area contributed by atoms with Crippen molar-refractivity contribution in [2.75, 3.05) is 6.54 Å². The molecule has 2 nitrogen and oxygen atoms in total. The average Bonchev–Trinajstić information content (AvgIpc) is 2.13. The lowest BCUT2D eigenvalue weighted by Crippen LogP contribution is -1.91. The Morgan fingerprint density at radius 2 is 2.11 bits per heavy atom. The quantitative estimate of drug-likeness (QED) is 0.512. The molecule has 1 aliphatic heterocycles. The summed E-state index contributed by atoms with van der Waals surface area (Å²) in [7, 11) is 0. The van der Waals surface area contributed by atoms with Gasteiger partial charge < -0.3 is 0 Å². The highest BCUT2D eigenvalue weighted by molar-refractivity contribution is 5.16. The molecule has 1 rings (SSSR count). The smallest absolute Gasteiger partial charge is 0.0832 e.